The van der Waals surface area contributed by atoms with E-state index in [9.17, 15) is 9.59 Å². The molecule has 0 aliphatic carbocycles. The van der Waals surface area contributed by atoms with Gasteiger partial charge < -0.3 is 10.1 Å². The highest BCUT2D eigenvalue weighted by Crippen LogP contribution is 2.17. The molecule has 1 amide bonds. The van der Waals surface area contributed by atoms with Gasteiger partial charge in [0.25, 0.3) is 0 Å². The Labute approximate surface area is 114 Å². The molecular weight excluding hydrogens is 242 g/mol. The summed E-state index contributed by atoms with van der Waals surface area (Å²) in [6, 6.07) is 7.35. The van der Waals surface area contributed by atoms with Gasteiger partial charge in [-0.15, -0.1) is 0 Å². The van der Waals surface area contributed by atoms with E-state index in [0.717, 1.165) is 5.56 Å². The first-order chi connectivity index (χ1) is 8.84. The molecule has 1 aromatic carbocycles. The highest BCUT2D eigenvalue weighted by molar-refractivity contribution is 5.90. The first kappa shape index (κ1) is 15.2. The minimum atomic E-state index is -0.433. The fraction of sp³-hybridized carbons (Fsp3) is 0.467. The maximum atomic E-state index is 11.8. The van der Waals surface area contributed by atoms with Gasteiger partial charge >= 0.3 is 0 Å². The second kappa shape index (κ2) is 6.36. The highest BCUT2D eigenvalue weighted by atomic mass is 16.5. The molecule has 0 aromatic heterocycles. The third kappa shape index (κ3) is 4.73. The van der Waals surface area contributed by atoms with E-state index in [2.05, 4.69) is 5.32 Å². The fourth-order valence-electron chi connectivity index (χ4n) is 1.53. The summed E-state index contributed by atoms with van der Waals surface area (Å²) in [7, 11) is 1.57. The van der Waals surface area contributed by atoms with Gasteiger partial charge in [0.05, 0.1) is 20.1 Å². The Morgan fingerprint density at radius 2 is 1.84 bits per heavy atom. The predicted octanol–water partition coefficient (Wildman–Crippen LogP) is 1.97. The van der Waals surface area contributed by atoms with Crippen molar-refractivity contribution in [3.63, 3.8) is 0 Å². The van der Waals surface area contributed by atoms with Gasteiger partial charge in [-0.2, -0.15) is 0 Å². The van der Waals surface area contributed by atoms with Crippen LogP contribution in [-0.4, -0.2) is 25.3 Å². The van der Waals surface area contributed by atoms with E-state index in [1.807, 2.05) is 45.0 Å². The second-order valence-corrected chi connectivity index (χ2v) is 5.44. The van der Waals surface area contributed by atoms with Crippen molar-refractivity contribution in [3.8, 4) is 5.75 Å². The average Bonchev–Trinajstić information content (AvgIpc) is 2.35. The number of benzene rings is 1. The van der Waals surface area contributed by atoms with E-state index in [0.29, 0.717) is 5.75 Å². The third-order valence-corrected chi connectivity index (χ3v) is 2.83. The monoisotopic (exact) mass is 263 g/mol. The molecule has 0 saturated heterocycles. The van der Waals surface area contributed by atoms with Gasteiger partial charge in [0.2, 0.25) is 5.91 Å². The van der Waals surface area contributed by atoms with Crippen LogP contribution in [0.1, 0.15) is 26.3 Å². The number of hydrogen-bond donors (Lipinski definition) is 1. The average molecular weight is 263 g/mol. The molecule has 4 nitrogen and oxygen atoms in total. The molecule has 0 aliphatic rings. The van der Waals surface area contributed by atoms with Crippen LogP contribution in [0.2, 0.25) is 0 Å². The molecule has 0 bridgehead atoms. The minimum Gasteiger partial charge on any atom is -0.496 e. The number of hydrogen-bond acceptors (Lipinski definition) is 3. The summed E-state index contributed by atoms with van der Waals surface area (Å²) >= 11 is 0. The van der Waals surface area contributed by atoms with E-state index in [1.165, 1.54) is 0 Å². The lowest BCUT2D eigenvalue weighted by Crippen LogP contribution is -2.36. The van der Waals surface area contributed by atoms with Crippen molar-refractivity contribution in [1.82, 2.24) is 5.32 Å². The van der Waals surface area contributed by atoms with Crippen molar-refractivity contribution in [3.05, 3.63) is 29.8 Å². The standard InChI is InChI=1S/C15H21NO3/c1-15(2,3)13(17)10-16-14(18)9-11-7-5-6-8-12(11)19-4/h5-8H,9-10H2,1-4H3,(H,16,18). The molecule has 0 radical (unpaired) electrons. The zero-order valence-corrected chi connectivity index (χ0v) is 11.9. The molecule has 4 heteroatoms. The van der Waals surface area contributed by atoms with Crippen LogP contribution in [0.5, 0.6) is 5.75 Å². The number of rotatable bonds is 5. The summed E-state index contributed by atoms with van der Waals surface area (Å²) in [5.41, 5.74) is 0.378. The molecule has 1 aromatic rings. The van der Waals surface area contributed by atoms with Crippen LogP contribution in [0.4, 0.5) is 0 Å². The molecule has 0 heterocycles. The Morgan fingerprint density at radius 3 is 2.42 bits per heavy atom. The number of amides is 1. The molecule has 0 fully saturated rings. The number of ketones is 1. The maximum absolute atomic E-state index is 11.8. The largest absolute Gasteiger partial charge is 0.496 e. The topological polar surface area (TPSA) is 55.4 Å². The lowest BCUT2D eigenvalue weighted by atomic mass is 9.91. The third-order valence-electron chi connectivity index (χ3n) is 2.83. The lowest BCUT2D eigenvalue weighted by molar-refractivity contribution is -0.128. The van der Waals surface area contributed by atoms with E-state index in [4.69, 9.17) is 4.74 Å². The summed E-state index contributed by atoms with van der Waals surface area (Å²) < 4.78 is 5.18. The highest BCUT2D eigenvalue weighted by Gasteiger charge is 2.21. The molecule has 1 rings (SSSR count). The van der Waals surface area contributed by atoms with Crippen LogP contribution < -0.4 is 10.1 Å². The Kier molecular flexibility index (Phi) is 5.10. The minimum absolute atomic E-state index is 0.0147. The number of ether oxygens (including phenoxy) is 1. The van der Waals surface area contributed by atoms with E-state index < -0.39 is 5.41 Å². The summed E-state index contributed by atoms with van der Waals surface area (Å²) in [5.74, 6) is 0.516. The van der Waals surface area contributed by atoms with Gasteiger partial charge in [0.15, 0.2) is 5.78 Å². The maximum Gasteiger partial charge on any atom is 0.224 e. The summed E-state index contributed by atoms with van der Waals surface area (Å²) in [5, 5.41) is 2.64. The van der Waals surface area contributed by atoms with Gasteiger partial charge in [-0.25, -0.2) is 0 Å². The molecule has 0 unspecified atom stereocenters. The zero-order chi connectivity index (χ0) is 14.5. The Morgan fingerprint density at radius 1 is 1.21 bits per heavy atom. The Bertz CT molecular complexity index is 461. The van der Waals surface area contributed by atoms with Crippen LogP contribution >= 0.6 is 0 Å². The smallest absolute Gasteiger partial charge is 0.224 e. The Balaban J connectivity index is 2.54. The molecule has 0 atom stereocenters. The van der Waals surface area contributed by atoms with E-state index in [-0.39, 0.29) is 24.7 Å². The first-order valence-electron chi connectivity index (χ1n) is 6.26. The first-order valence-corrected chi connectivity index (χ1v) is 6.26. The normalized spacial score (nSPS) is 10.9. The van der Waals surface area contributed by atoms with Gasteiger partial charge in [-0.1, -0.05) is 39.0 Å². The van der Waals surface area contributed by atoms with Crippen molar-refractivity contribution in [2.45, 2.75) is 27.2 Å². The summed E-state index contributed by atoms with van der Waals surface area (Å²) in [6.07, 6.45) is 0.210. The van der Waals surface area contributed by atoms with Crippen LogP contribution in [0.15, 0.2) is 24.3 Å². The van der Waals surface area contributed by atoms with Gasteiger partial charge in [0, 0.05) is 11.0 Å². The summed E-state index contributed by atoms with van der Waals surface area (Å²) in [6.45, 7) is 5.57. The van der Waals surface area contributed by atoms with Gasteiger partial charge in [-0.3, -0.25) is 9.59 Å². The van der Waals surface area contributed by atoms with Crippen molar-refractivity contribution >= 4 is 11.7 Å². The van der Waals surface area contributed by atoms with E-state index >= 15 is 0 Å². The van der Waals surface area contributed by atoms with Crippen LogP contribution in [0.25, 0.3) is 0 Å². The van der Waals surface area contributed by atoms with Crippen LogP contribution in [-0.2, 0) is 16.0 Å². The SMILES string of the molecule is COc1ccccc1CC(=O)NCC(=O)C(C)(C)C. The number of carbonyl (C=O) groups is 2. The number of carbonyl (C=O) groups excluding carboxylic acids is 2. The van der Waals surface area contributed by atoms with Crippen LogP contribution in [0, 0.1) is 5.41 Å². The van der Waals surface area contributed by atoms with Gasteiger partial charge in [0.1, 0.15) is 5.75 Å². The van der Waals surface area contributed by atoms with E-state index in [1.54, 1.807) is 7.11 Å². The van der Waals surface area contributed by atoms with Gasteiger partial charge in [-0.05, 0) is 6.07 Å². The molecule has 19 heavy (non-hydrogen) atoms. The number of Topliss-reactive ketones (excluding diaryl/α,β-unsaturated/α-hetero) is 1. The number of para-hydroxylation sites is 1. The quantitative estimate of drug-likeness (QED) is 0.883. The molecule has 1 N–H and O–H groups in total. The summed E-state index contributed by atoms with van der Waals surface area (Å²) in [4.78, 5) is 23.5. The molecule has 0 saturated carbocycles. The molecular formula is C15H21NO3. The molecule has 104 valence electrons. The zero-order valence-electron chi connectivity index (χ0n) is 11.9. The molecule has 0 aliphatic heterocycles. The number of methoxy groups -OCH3 is 1. The Hall–Kier alpha value is -1.84. The van der Waals surface area contributed by atoms with Crippen molar-refractivity contribution in [2.24, 2.45) is 5.41 Å². The fourth-order valence-corrected chi connectivity index (χ4v) is 1.53. The molecule has 0 spiro atoms. The predicted molar refractivity (Wildman–Crippen MR) is 74.2 cm³/mol. The van der Waals surface area contributed by atoms with Crippen LogP contribution in [0.3, 0.4) is 0 Å². The van der Waals surface area contributed by atoms with Crippen molar-refractivity contribution < 1.29 is 14.3 Å². The number of nitrogens with one attached hydrogen (secondary N) is 1. The second-order valence-electron chi connectivity index (χ2n) is 5.44. The lowest BCUT2D eigenvalue weighted by Gasteiger charge is -2.16. The van der Waals surface area contributed by atoms with Crippen molar-refractivity contribution in [1.29, 1.82) is 0 Å². The van der Waals surface area contributed by atoms with Crippen molar-refractivity contribution in [2.75, 3.05) is 13.7 Å².